The highest BCUT2D eigenvalue weighted by molar-refractivity contribution is 5.98. The summed E-state index contributed by atoms with van der Waals surface area (Å²) in [6.45, 7) is 0.354. The molecule has 1 atom stereocenters. The SMILES string of the molecule is COc1ccc(CC(=O)NC(=N)N[C@H](CC2CCCCC2)C(=O)NCc2cccc(-c3ccnn3C)c2)cc1OC. The summed E-state index contributed by atoms with van der Waals surface area (Å²) in [5, 5.41) is 21.3. The number of hydrogen-bond donors (Lipinski definition) is 4. The molecule has 10 heteroatoms. The lowest BCUT2D eigenvalue weighted by atomic mass is 9.84. The zero-order valence-corrected chi connectivity index (χ0v) is 24.0. The fourth-order valence-corrected chi connectivity index (χ4v) is 5.37. The molecule has 2 amide bonds. The molecule has 41 heavy (non-hydrogen) atoms. The molecule has 0 unspecified atom stereocenters. The molecule has 3 aromatic rings. The molecule has 0 radical (unpaired) electrons. The molecule has 0 bridgehead atoms. The van der Waals surface area contributed by atoms with Gasteiger partial charge in [-0.05, 0) is 47.7 Å². The maximum absolute atomic E-state index is 13.4. The number of amides is 2. The van der Waals surface area contributed by atoms with Crippen LogP contribution in [0.3, 0.4) is 0 Å². The largest absolute Gasteiger partial charge is 0.493 e. The number of carbonyl (C=O) groups is 2. The minimum absolute atomic E-state index is 0.0525. The lowest BCUT2D eigenvalue weighted by Gasteiger charge is -2.27. The molecule has 0 saturated heterocycles. The number of carbonyl (C=O) groups excluding carboxylic acids is 2. The van der Waals surface area contributed by atoms with E-state index >= 15 is 0 Å². The first kappa shape index (κ1) is 29.6. The molecule has 1 aliphatic rings. The van der Waals surface area contributed by atoms with E-state index in [2.05, 4.69) is 21.0 Å². The Kier molecular flexibility index (Phi) is 10.4. The van der Waals surface area contributed by atoms with E-state index in [9.17, 15) is 9.59 Å². The first-order valence-electron chi connectivity index (χ1n) is 14.1. The Hall–Kier alpha value is -4.34. The highest BCUT2D eigenvalue weighted by atomic mass is 16.5. The monoisotopic (exact) mass is 560 g/mol. The van der Waals surface area contributed by atoms with Crippen molar-refractivity contribution < 1.29 is 19.1 Å². The van der Waals surface area contributed by atoms with Crippen molar-refractivity contribution in [2.24, 2.45) is 13.0 Å². The van der Waals surface area contributed by atoms with Crippen molar-refractivity contribution in [2.75, 3.05) is 14.2 Å². The van der Waals surface area contributed by atoms with Crippen LogP contribution in [0.15, 0.2) is 54.7 Å². The van der Waals surface area contributed by atoms with E-state index in [0.717, 1.165) is 48.1 Å². The predicted molar refractivity (Wildman–Crippen MR) is 158 cm³/mol. The van der Waals surface area contributed by atoms with Gasteiger partial charge in [0, 0.05) is 25.4 Å². The maximum Gasteiger partial charge on any atom is 0.242 e. The Morgan fingerprint density at radius 1 is 1.02 bits per heavy atom. The van der Waals surface area contributed by atoms with Gasteiger partial charge in [0.1, 0.15) is 6.04 Å². The molecule has 1 saturated carbocycles. The van der Waals surface area contributed by atoms with Crippen LogP contribution < -0.4 is 25.4 Å². The van der Waals surface area contributed by atoms with Gasteiger partial charge < -0.3 is 20.1 Å². The van der Waals surface area contributed by atoms with Gasteiger partial charge >= 0.3 is 0 Å². The molecule has 1 fully saturated rings. The Morgan fingerprint density at radius 2 is 1.80 bits per heavy atom. The van der Waals surface area contributed by atoms with E-state index in [-0.39, 0.29) is 24.2 Å². The third-order valence-corrected chi connectivity index (χ3v) is 7.52. The normalized spacial score (nSPS) is 14.1. The van der Waals surface area contributed by atoms with Gasteiger partial charge in [0.05, 0.1) is 26.3 Å². The number of nitrogens with zero attached hydrogens (tertiary/aromatic N) is 2. The van der Waals surface area contributed by atoms with Gasteiger partial charge in [-0.3, -0.25) is 25.0 Å². The van der Waals surface area contributed by atoms with Crippen molar-refractivity contribution in [3.63, 3.8) is 0 Å². The summed E-state index contributed by atoms with van der Waals surface area (Å²) in [5.41, 5.74) is 3.70. The standard InChI is InChI=1S/C31H40N6O4/c1-37-26(14-15-34-37)24-11-7-10-23(16-24)20-33-30(39)25(17-21-8-5-4-6-9-21)35-31(32)36-29(38)19-22-12-13-27(40-2)28(18-22)41-3/h7,10-16,18,21,25H,4-6,8-9,17,19-20H2,1-3H3,(H,33,39)(H3,32,35,36,38)/t25-/m1/s1. The Bertz CT molecular complexity index is 1350. The molecule has 10 nitrogen and oxygen atoms in total. The number of guanidine groups is 1. The second-order valence-electron chi connectivity index (χ2n) is 10.5. The van der Waals surface area contributed by atoms with Gasteiger partial charge in [-0.2, -0.15) is 5.10 Å². The summed E-state index contributed by atoms with van der Waals surface area (Å²) in [6, 6.07) is 14.6. The van der Waals surface area contributed by atoms with Crippen LogP contribution in [0.2, 0.25) is 0 Å². The molecule has 218 valence electrons. The molecule has 2 aromatic carbocycles. The molecular formula is C31H40N6O4. The van der Waals surface area contributed by atoms with Crippen LogP contribution in [0.1, 0.15) is 49.7 Å². The Morgan fingerprint density at radius 3 is 2.51 bits per heavy atom. The highest BCUT2D eigenvalue weighted by Gasteiger charge is 2.25. The smallest absolute Gasteiger partial charge is 0.242 e. The Labute approximate surface area is 241 Å². The van der Waals surface area contributed by atoms with Crippen molar-refractivity contribution in [3.05, 3.63) is 65.9 Å². The van der Waals surface area contributed by atoms with Gasteiger partial charge in [-0.25, -0.2) is 0 Å². The quantitative estimate of drug-likeness (QED) is 0.208. The number of aromatic nitrogens is 2. The van der Waals surface area contributed by atoms with Crippen LogP contribution in [-0.4, -0.2) is 47.8 Å². The molecule has 0 spiro atoms. The van der Waals surface area contributed by atoms with E-state index < -0.39 is 6.04 Å². The number of benzene rings is 2. The topological polar surface area (TPSA) is 130 Å². The average Bonchev–Trinajstić information content (AvgIpc) is 3.41. The zero-order valence-electron chi connectivity index (χ0n) is 24.0. The van der Waals surface area contributed by atoms with Gasteiger partial charge in [-0.1, -0.05) is 56.4 Å². The summed E-state index contributed by atoms with van der Waals surface area (Å²) in [6.07, 6.45) is 8.07. The van der Waals surface area contributed by atoms with Crippen LogP contribution >= 0.6 is 0 Å². The van der Waals surface area contributed by atoms with Crippen molar-refractivity contribution in [2.45, 2.75) is 57.5 Å². The van der Waals surface area contributed by atoms with Crippen molar-refractivity contribution in [1.82, 2.24) is 25.7 Å². The van der Waals surface area contributed by atoms with Crippen LogP contribution in [-0.2, 0) is 29.6 Å². The first-order chi connectivity index (χ1) is 19.9. The minimum Gasteiger partial charge on any atom is -0.493 e. The molecular weight excluding hydrogens is 520 g/mol. The molecule has 4 rings (SSSR count). The highest BCUT2D eigenvalue weighted by Crippen LogP contribution is 2.28. The van der Waals surface area contributed by atoms with Gasteiger partial charge in [-0.15, -0.1) is 0 Å². The lowest BCUT2D eigenvalue weighted by Crippen LogP contribution is -2.52. The lowest BCUT2D eigenvalue weighted by molar-refractivity contribution is -0.123. The third-order valence-electron chi connectivity index (χ3n) is 7.52. The van der Waals surface area contributed by atoms with Gasteiger partial charge in [0.25, 0.3) is 0 Å². The summed E-state index contributed by atoms with van der Waals surface area (Å²) in [7, 11) is 4.99. The zero-order chi connectivity index (χ0) is 29.2. The second-order valence-corrected chi connectivity index (χ2v) is 10.5. The predicted octanol–water partition coefficient (Wildman–Crippen LogP) is 3.94. The van der Waals surface area contributed by atoms with E-state index in [0.29, 0.717) is 30.4 Å². The summed E-state index contributed by atoms with van der Waals surface area (Å²) in [5.74, 6) is 0.756. The minimum atomic E-state index is -0.632. The summed E-state index contributed by atoms with van der Waals surface area (Å²) >= 11 is 0. The first-order valence-corrected chi connectivity index (χ1v) is 14.1. The molecule has 4 N–H and O–H groups in total. The molecule has 1 aliphatic carbocycles. The van der Waals surface area contributed by atoms with E-state index in [1.165, 1.54) is 13.5 Å². The number of hydrogen-bond acceptors (Lipinski definition) is 6. The number of ether oxygens (including phenoxy) is 2. The molecule has 1 heterocycles. The fourth-order valence-electron chi connectivity index (χ4n) is 5.37. The molecule has 1 aromatic heterocycles. The number of aryl methyl sites for hydroxylation is 1. The van der Waals surface area contributed by atoms with Crippen LogP contribution in [0.5, 0.6) is 11.5 Å². The fraction of sp³-hybridized carbons (Fsp3) is 0.419. The van der Waals surface area contributed by atoms with Crippen molar-refractivity contribution in [1.29, 1.82) is 5.41 Å². The van der Waals surface area contributed by atoms with Crippen molar-refractivity contribution >= 4 is 17.8 Å². The number of methoxy groups -OCH3 is 2. The van der Waals surface area contributed by atoms with E-state index in [4.69, 9.17) is 14.9 Å². The molecule has 0 aliphatic heterocycles. The Balaban J connectivity index is 1.37. The second kappa shape index (κ2) is 14.3. The number of rotatable bonds is 11. The van der Waals surface area contributed by atoms with Gasteiger partial charge in [0.2, 0.25) is 11.8 Å². The van der Waals surface area contributed by atoms with Gasteiger partial charge in [0.15, 0.2) is 17.5 Å². The van der Waals surface area contributed by atoms with E-state index in [1.54, 1.807) is 31.5 Å². The van der Waals surface area contributed by atoms with Crippen LogP contribution in [0.25, 0.3) is 11.3 Å². The van der Waals surface area contributed by atoms with Crippen LogP contribution in [0, 0.1) is 11.3 Å². The van der Waals surface area contributed by atoms with Crippen molar-refractivity contribution in [3.8, 4) is 22.8 Å². The third kappa shape index (κ3) is 8.33. The van der Waals surface area contributed by atoms with E-state index in [1.807, 2.05) is 42.1 Å². The summed E-state index contributed by atoms with van der Waals surface area (Å²) < 4.78 is 12.4. The average molecular weight is 561 g/mol. The van der Waals surface area contributed by atoms with Crippen LogP contribution in [0.4, 0.5) is 0 Å². The maximum atomic E-state index is 13.4. The number of nitrogens with one attached hydrogen (secondary N) is 4. The summed E-state index contributed by atoms with van der Waals surface area (Å²) in [4.78, 5) is 26.1.